The maximum absolute atomic E-state index is 12.5. The molecule has 2 aliphatic heterocycles. The number of carbonyl (C=O) groups is 1. The number of sulfonamides is 1. The summed E-state index contributed by atoms with van der Waals surface area (Å²) in [6.45, 7) is 2.75. The van der Waals surface area contributed by atoms with Gasteiger partial charge in [0, 0.05) is 32.4 Å². The molecule has 3 rings (SSSR count). The average Bonchev–Trinajstić information content (AvgIpc) is 3.06. The van der Waals surface area contributed by atoms with E-state index in [4.69, 9.17) is 10.5 Å². The van der Waals surface area contributed by atoms with E-state index < -0.39 is 10.0 Å². The summed E-state index contributed by atoms with van der Waals surface area (Å²) in [5.74, 6) is 0.183. The number of carbonyl (C=O) groups excluding carboxylic acids is 1. The van der Waals surface area contributed by atoms with Gasteiger partial charge in [0.25, 0.3) is 0 Å². The van der Waals surface area contributed by atoms with Crippen molar-refractivity contribution in [1.29, 1.82) is 0 Å². The molecular weight excluding hydrogens is 320 g/mol. The first-order chi connectivity index (χ1) is 11.0. The van der Waals surface area contributed by atoms with E-state index in [1.54, 1.807) is 12.1 Å². The Hall–Kier alpha value is -1.71. The molecule has 0 radical (unpaired) electrons. The molecule has 0 bridgehead atoms. The van der Waals surface area contributed by atoms with Crippen LogP contribution >= 0.6 is 0 Å². The van der Waals surface area contributed by atoms with Crippen LogP contribution in [0.3, 0.4) is 0 Å². The number of amides is 1. The summed E-state index contributed by atoms with van der Waals surface area (Å²) in [7, 11) is -3.53. The van der Waals surface area contributed by atoms with Gasteiger partial charge in [-0.3, -0.25) is 4.79 Å². The Bertz CT molecular complexity index is 671. The van der Waals surface area contributed by atoms with Crippen molar-refractivity contribution in [3.8, 4) is 0 Å². The number of nitrogens with two attached hydrogens (primary N) is 1. The molecule has 2 fully saturated rings. The lowest BCUT2D eigenvalue weighted by Crippen LogP contribution is -2.40. The third-order valence-corrected chi connectivity index (χ3v) is 6.13. The van der Waals surface area contributed by atoms with Gasteiger partial charge in [0.1, 0.15) is 10.7 Å². The molecule has 0 saturated carbocycles. The molecule has 2 aliphatic rings. The molecule has 126 valence electrons. The van der Waals surface area contributed by atoms with Gasteiger partial charge < -0.3 is 15.4 Å². The Kier molecular flexibility index (Phi) is 4.51. The van der Waals surface area contributed by atoms with Gasteiger partial charge in [-0.1, -0.05) is 0 Å². The monoisotopic (exact) mass is 340 g/mol. The number of ether oxygens (including phenoxy) is 1. The molecule has 2 saturated heterocycles. The summed E-state index contributed by atoms with van der Waals surface area (Å²) in [5, 5.41) is 0. The highest BCUT2D eigenvalue weighted by Gasteiger charge is 2.29. The minimum absolute atomic E-state index is 0.173. The SMILES string of the molecule is NC(=O)[C@@H]1CCN(c2ccc(S(=O)(=O)N3CCOCC3)cn2)C1. The molecule has 1 aromatic heterocycles. The second-order valence-electron chi connectivity index (χ2n) is 5.70. The highest BCUT2D eigenvalue weighted by molar-refractivity contribution is 7.89. The van der Waals surface area contributed by atoms with Gasteiger partial charge in [-0.2, -0.15) is 4.31 Å². The molecule has 1 amide bonds. The first-order valence-corrected chi connectivity index (χ1v) is 9.01. The number of nitrogens with zero attached hydrogens (tertiary/aromatic N) is 3. The second kappa shape index (κ2) is 6.42. The fourth-order valence-corrected chi connectivity index (χ4v) is 4.20. The molecule has 9 heteroatoms. The van der Waals surface area contributed by atoms with Crippen LogP contribution in [-0.4, -0.2) is 63.0 Å². The van der Waals surface area contributed by atoms with Crippen LogP contribution in [0.2, 0.25) is 0 Å². The number of hydrogen-bond acceptors (Lipinski definition) is 6. The Morgan fingerprint density at radius 2 is 2.00 bits per heavy atom. The van der Waals surface area contributed by atoms with E-state index in [2.05, 4.69) is 4.98 Å². The van der Waals surface area contributed by atoms with Crippen LogP contribution in [0.4, 0.5) is 5.82 Å². The van der Waals surface area contributed by atoms with Crippen LogP contribution < -0.4 is 10.6 Å². The van der Waals surface area contributed by atoms with Crippen molar-refractivity contribution in [1.82, 2.24) is 9.29 Å². The lowest BCUT2D eigenvalue weighted by Gasteiger charge is -2.26. The first kappa shape index (κ1) is 16.2. The van der Waals surface area contributed by atoms with E-state index in [0.717, 1.165) is 0 Å². The maximum atomic E-state index is 12.5. The lowest BCUT2D eigenvalue weighted by atomic mass is 10.1. The maximum Gasteiger partial charge on any atom is 0.244 e. The molecule has 1 atom stereocenters. The van der Waals surface area contributed by atoms with E-state index in [1.165, 1.54) is 10.5 Å². The van der Waals surface area contributed by atoms with Crippen LogP contribution in [0.25, 0.3) is 0 Å². The normalized spacial score (nSPS) is 23.1. The zero-order valence-corrected chi connectivity index (χ0v) is 13.5. The third kappa shape index (κ3) is 3.31. The molecule has 1 aromatic rings. The van der Waals surface area contributed by atoms with Gasteiger partial charge >= 0.3 is 0 Å². The number of morpholine rings is 1. The van der Waals surface area contributed by atoms with Gasteiger partial charge in [0.15, 0.2) is 0 Å². The number of pyridine rings is 1. The molecule has 2 N–H and O–H groups in total. The molecule has 0 aliphatic carbocycles. The second-order valence-corrected chi connectivity index (χ2v) is 7.64. The Morgan fingerprint density at radius 3 is 2.57 bits per heavy atom. The fourth-order valence-electron chi connectivity index (χ4n) is 2.85. The van der Waals surface area contributed by atoms with Crippen molar-refractivity contribution < 1.29 is 17.9 Å². The van der Waals surface area contributed by atoms with E-state index in [0.29, 0.717) is 51.6 Å². The van der Waals surface area contributed by atoms with Crippen molar-refractivity contribution >= 4 is 21.7 Å². The van der Waals surface area contributed by atoms with Crippen molar-refractivity contribution in [2.75, 3.05) is 44.3 Å². The molecule has 3 heterocycles. The highest BCUT2D eigenvalue weighted by atomic mass is 32.2. The van der Waals surface area contributed by atoms with Crippen molar-refractivity contribution in [3.63, 3.8) is 0 Å². The predicted molar refractivity (Wildman–Crippen MR) is 83.3 cm³/mol. The zero-order chi connectivity index (χ0) is 16.4. The number of primary amides is 1. The smallest absolute Gasteiger partial charge is 0.244 e. The topological polar surface area (TPSA) is 106 Å². The van der Waals surface area contributed by atoms with Gasteiger partial charge in [-0.05, 0) is 18.6 Å². The van der Waals surface area contributed by atoms with E-state index in [1.807, 2.05) is 4.90 Å². The van der Waals surface area contributed by atoms with Crippen molar-refractivity contribution in [3.05, 3.63) is 18.3 Å². The summed E-state index contributed by atoms with van der Waals surface area (Å²) in [4.78, 5) is 17.6. The number of aromatic nitrogens is 1. The van der Waals surface area contributed by atoms with Gasteiger partial charge in [0.2, 0.25) is 15.9 Å². The van der Waals surface area contributed by atoms with Crippen LogP contribution in [0.15, 0.2) is 23.2 Å². The van der Waals surface area contributed by atoms with E-state index in [9.17, 15) is 13.2 Å². The van der Waals surface area contributed by atoms with Gasteiger partial charge in [0.05, 0.1) is 19.1 Å². The van der Waals surface area contributed by atoms with Gasteiger partial charge in [-0.15, -0.1) is 0 Å². The minimum Gasteiger partial charge on any atom is -0.379 e. The molecule has 8 nitrogen and oxygen atoms in total. The van der Waals surface area contributed by atoms with Crippen molar-refractivity contribution in [2.45, 2.75) is 11.3 Å². The first-order valence-electron chi connectivity index (χ1n) is 7.57. The molecule has 0 aromatic carbocycles. The summed E-state index contributed by atoms with van der Waals surface area (Å²) in [6.07, 6.45) is 2.07. The van der Waals surface area contributed by atoms with E-state index in [-0.39, 0.29) is 16.7 Å². The minimum atomic E-state index is -3.53. The molecule has 0 spiro atoms. The molecular formula is C14H20N4O4S. The lowest BCUT2D eigenvalue weighted by molar-refractivity contribution is -0.121. The number of hydrogen-bond donors (Lipinski definition) is 1. The molecule has 0 unspecified atom stereocenters. The third-order valence-electron chi connectivity index (χ3n) is 4.24. The largest absolute Gasteiger partial charge is 0.379 e. The van der Waals surface area contributed by atoms with Gasteiger partial charge in [-0.25, -0.2) is 13.4 Å². The van der Waals surface area contributed by atoms with Crippen LogP contribution in [0.5, 0.6) is 0 Å². The summed E-state index contributed by atoms with van der Waals surface area (Å²) in [5.41, 5.74) is 5.32. The Morgan fingerprint density at radius 1 is 1.26 bits per heavy atom. The van der Waals surface area contributed by atoms with Crippen LogP contribution in [-0.2, 0) is 19.6 Å². The van der Waals surface area contributed by atoms with Crippen LogP contribution in [0.1, 0.15) is 6.42 Å². The quantitative estimate of drug-likeness (QED) is 0.786. The summed E-state index contributed by atoms with van der Waals surface area (Å²) >= 11 is 0. The Balaban J connectivity index is 1.73. The summed E-state index contributed by atoms with van der Waals surface area (Å²) in [6, 6.07) is 3.24. The van der Waals surface area contributed by atoms with Crippen LogP contribution in [0, 0.1) is 5.92 Å². The highest BCUT2D eigenvalue weighted by Crippen LogP contribution is 2.24. The summed E-state index contributed by atoms with van der Waals surface area (Å²) < 4.78 is 31.6. The standard InChI is InChI=1S/C14H20N4O4S/c15-14(19)11-3-4-17(10-11)13-2-1-12(9-16-13)23(20,21)18-5-7-22-8-6-18/h1-2,9,11H,3-8,10H2,(H2,15,19)/t11-/m1/s1. The van der Waals surface area contributed by atoms with Crippen molar-refractivity contribution in [2.24, 2.45) is 11.7 Å². The Labute approximate surface area is 135 Å². The zero-order valence-electron chi connectivity index (χ0n) is 12.7. The number of anilines is 1. The van der Waals surface area contributed by atoms with E-state index >= 15 is 0 Å². The average molecular weight is 340 g/mol. The fraction of sp³-hybridized carbons (Fsp3) is 0.571. The predicted octanol–water partition coefficient (Wildman–Crippen LogP) is -0.586. The number of rotatable bonds is 4. The molecule has 23 heavy (non-hydrogen) atoms.